The molecule has 0 saturated carbocycles. The van der Waals surface area contributed by atoms with Crippen LogP contribution in [0.4, 0.5) is 0 Å². The molecule has 3 heterocycles. The van der Waals surface area contributed by atoms with E-state index >= 15 is 0 Å². The van der Waals surface area contributed by atoms with Crippen LogP contribution in [0, 0.1) is 0 Å². The lowest BCUT2D eigenvalue weighted by Gasteiger charge is -2.10. The maximum Gasteiger partial charge on any atom is 0.164 e. The third-order valence-electron chi connectivity index (χ3n) is 9.09. The van der Waals surface area contributed by atoms with Gasteiger partial charge in [0, 0.05) is 44.3 Å². The molecule has 9 rings (SSSR count). The first-order valence-corrected chi connectivity index (χ1v) is 16.4. The standard InChI is InChI=1S/C45H29N3O2/c1-3-12-28(4-2)29-21-23-31(24-22-29)44-46-43(30-13-6-5-7-14-30)47-45(48-44)33-16-10-15-32(25-33)34-18-11-20-39-42(34)37-26-36-35-17-8-9-19-38(35)49-40(36)27-41(37)50-39/h3-27H,1-2H2/b28-12+. The van der Waals surface area contributed by atoms with Crippen LogP contribution in [-0.4, -0.2) is 15.0 Å². The molecule has 236 valence electrons. The van der Waals surface area contributed by atoms with E-state index in [0.29, 0.717) is 17.5 Å². The molecule has 0 N–H and O–H groups in total. The third kappa shape index (κ3) is 5.00. The van der Waals surface area contributed by atoms with Gasteiger partial charge in [-0.1, -0.05) is 135 Å². The number of fused-ring (bicyclic) bond motifs is 6. The van der Waals surface area contributed by atoms with Gasteiger partial charge in [-0.3, -0.25) is 0 Å². The van der Waals surface area contributed by atoms with Gasteiger partial charge >= 0.3 is 0 Å². The van der Waals surface area contributed by atoms with E-state index in [1.165, 1.54) is 0 Å². The van der Waals surface area contributed by atoms with E-state index in [2.05, 4.69) is 61.7 Å². The Morgan fingerprint density at radius 2 is 1.10 bits per heavy atom. The van der Waals surface area contributed by atoms with Crippen LogP contribution < -0.4 is 0 Å². The minimum Gasteiger partial charge on any atom is -0.456 e. The Labute approximate surface area is 288 Å². The predicted molar refractivity (Wildman–Crippen MR) is 204 cm³/mol. The van der Waals surface area contributed by atoms with Crippen LogP contribution in [0.2, 0.25) is 0 Å². The lowest BCUT2D eigenvalue weighted by molar-refractivity contribution is 0.656. The molecule has 0 fully saturated rings. The fourth-order valence-corrected chi connectivity index (χ4v) is 6.68. The predicted octanol–water partition coefficient (Wildman–Crippen LogP) is 12.1. The second kappa shape index (κ2) is 12.0. The summed E-state index contributed by atoms with van der Waals surface area (Å²) in [5.41, 5.74) is 10.1. The van der Waals surface area contributed by atoms with Gasteiger partial charge in [-0.05, 0) is 46.5 Å². The number of para-hydroxylation sites is 1. The van der Waals surface area contributed by atoms with E-state index in [1.807, 2.05) is 97.1 Å². The van der Waals surface area contributed by atoms with E-state index in [0.717, 1.165) is 82.8 Å². The van der Waals surface area contributed by atoms with E-state index in [1.54, 1.807) is 6.08 Å². The molecule has 9 aromatic rings. The highest BCUT2D eigenvalue weighted by Gasteiger charge is 2.18. The van der Waals surface area contributed by atoms with Gasteiger partial charge < -0.3 is 8.83 Å². The van der Waals surface area contributed by atoms with Gasteiger partial charge in [-0.25, -0.2) is 15.0 Å². The molecule has 6 aromatic carbocycles. The van der Waals surface area contributed by atoms with Crippen molar-refractivity contribution in [3.8, 4) is 45.3 Å². The highest BCUT2D eigenvalue weighted by molar-refractivity contribution is 6.18. The van der Waals surface area contributed by atoms with E-state index < -0.39 is 0 Å². The molecule has 0 spiro atoms. The molecule has 0 aliphatic rings. The largest absolute Gasteiger partial charge is 0.456 e. The highest BCUT2D eigenvalue weighted by Crippen LogP contribution is 2.41. The van der Waals surface area contributed by atoms with Gasteiger partial charge in [0.2, 0.25) is 0 Å². The summed E-state index contributed by atoms with van der Waals surface area (Å²) in [6.45, 7) is 7.77. The maximum atomic E-state index is 6.40. The second-order valence-electron chi connectivity index (χ2n) is 12.1. The van der Waals surface area contributed by atoms with Crippen molar-refractivity contribution in [2.75, 3.05) is 0 Å². The van der Waals surface area contributed by atoms with Gasteiger partial charge in [0.15, 0.2) is 17.5 Å². The van der Waals surface area contributed by atoms with Gasteiger partial charge in [-0.2, -0.15) is 0 Å². The van der Waals surface area contributed by atoms with Crippen LogP contribution in [-0.2, 0) is 0 Å². The summed E-state index contributed by atoms with van der Waals surface area (Å²) in [5.74, 6) is 1.80. The van der Waals surface area contributed by atoms with Gasteiger partial charge in [0.25, 0.3) is 0 Å². The molecule has 0 atom stereocenters. The summed E-state index contributed by atoms with van der Waals surface area (Å²) in [5, 5.41) is 4.25. The average Bonchev–Trinajstić information content (AvgIpc) is 3.73. The van der Waals surface area contributed by atoms with Crippen LogP contribution >= 0.6 is 0 Å². The smallest absolute Gasteiger partial charge is 0.164 e. The van der Waals surface area contributed by atoms with E-state index in [4.69, 9.17) is 23.8 Å². The van der Waals surface area contributed by atoms with Crippen molar-refractivity contribution in [3.05, 3.63) is 170 Å². The Balaban J connectivity index is 1.19. The number of allylic oxidation sites excluding steroid dienone is 4. The van der Waals surface area contributed by atoms with Crippen molar-refractivity contribution in [1.29, 1.82) is 0 Å². The Bertz CT molecular complexity index is 2790. The quantitative estimate of drug-likeness (QED) is 0.162. The molecule has 0 radical (unpaired) electrons. The first-order chi connectivity index (χ1) is 24.7. The fraction of sp³-hybridized carbons (Fsp3) is 0. The number of hydrogen-bond donors (Lipinski definition) is 0. The fourth-order valence-electron chi connectivity index (χ4n) is 6.68. The zero-order valence-electron chi connectivity index (χ0n) is 27.0. The van der Waals surface area contributed by atoms with Gasteiger partial charge in [0.05, 0.1) is 0 Å². The minimum absolute atomic E-state index is 0.592. The summed E-state index contributed by atoms with van der Waals surface area (Å²) >= 11 is 0. The molecule has 5 nitrogen and oxygen atoms in total. The lowest BCUT2D eigenvalue weighted by atomic mass is 9.97. The summed E-state index contributed by atoms with van der Waals surface area (Å²) < 4.78 is 12.6. The van der Waals surface area contributed by atoms with Crippen LogP contribution in [0.15, 0.2) is 174 Å². The van der Waals surface area contributed by atoms with E-state index in [-0.39, 0.29) is 0 Å². The first kappa shape index (κ1) is 29.3. The summed E-state index contributed by atoms with van der Waals surface area (Å²) in [7, 11) is 0. The molecule has 0 unspecified atom stereocenters. The van der Waals surface area contributed by atoms with Crippen molar-refractivity contribution < 1.29 is 8.83 Å². The van der Waals surface area contributed by atoms with Crippen LogP contribution in [0.1, 0.15) is 5.56 Å². The summed E-state index contributed by atoms with van der Waals surface area (Å²) in [6.07, 6.45) is 5.53. The monoisotopic (exact) mass is 643 g/mol. The maximum absolute atomic E-state index is 6.40. The van der Waals surface area contributed by atoms with Crippen molar-refractivity contribution in [2.45, 2.75) is 0 Å². The van der Waals surface area contributed by atoms with Crippen LogP contribution in [0.5, 0.6) is 0 Å². The summed E-state index contributed by atoms with van der Waals surface area (Å²) in [4.78, 5) is 14.9. The van der Waals surface area contributed by atoms with Crippen molar-refractivity contribution in [3.63, 3.8) is 0 Å². The van der Waals surface area contributed by atoms with Gasteiger partial charge in [0.1, 0.15) is 22.3 Å². The Morgan fingerprint density at radius 3 is 1.88 bits per heavy atom. The number of aromatic nitrogens is 3. The summed E-state index contributed by atoms with van der Waals surface area (Å²) in [6, 6.07) is 45.1. The zero-order chi connectivity index (χ0) is 33.6. The lowest BCUT2D eigenvalue weighted by Crippen LogP contribution is -2.00. The van der Waals surface area contributed by atoms with Crippen molar-refractivity contribution >= 4 is 49.5 Å². The number of furan rings is 2. The molecule has 0 bridgehead atoms. The molecular weight excluding hydrogens is 615 g/mol. The molecule has 0 saturated heterocycles. The minimum atomic E-state index is 0.592. The Hall–Kier alpha value is -6.85. The SMILES string of the molecule is C=C/C=C(\C=C)c1ccc(-c2nc(-c3ccccc3)nc(-c3cccc(-c4cccc5oc6cc7oc8ccccc8c7cc6c45)c3)n2)cc1. The Morgan fingerprint density at radius 1 is 0.480 bits per heavy atom. The topological polar surface area (TPSA) is 65.0 Å². The molecule has 0 aliphatic heterocycles. The molecule has 3 aromatic heterocycles. The van der Waals surface area contributed by atoms with Crippen LogP contribution in [0.3, 0.4) is 0 Å². The molecular formula is C45H29N3O2. The van der Waals surface area contributed by atoms with Crippen molar-refractivity contribution in [2.24, 2.45) is 0 Å². The van der Waals surface area contributed by atoms with Gasteiger partial charge in [-0.15, -0.1) is 0 Å². The Kier molecular flexibility index (Phi) is 7.03. The molecule has 50 heavy (non-hydrogen) atoms. The number of benzene rings is 6. The average molecular weight is 644 g/mol. The third-order valence-corrected chi connectivity index (χ3v) is 9.09. The first-order valence-electron chi connectivity index (χ1n) is 16.4. The number of nitrogens with zero attached hydrogens (tertiary/aromatic N) is 3. The number of rotatable bonds is 7. The normalized spacial score (nSPS) is 11.9. The highest BCUT2D eigenvalue weighted by atomic mass is 16.3. The van der Waals surface area contributed by atoms with E-state index in [9.17, 15) is 0 Å². The number of hydrogen-bond acceptors (Lipinski definition) is 5. The molecule has 0 amide bonds. The van der Waals surface area contributed by atoms with Crippen LogP contribution in [0.25, 0.3) is 94.7 Å². The second-order valence-corrected chi connectivity index (χ2v) is 12.1. The van der Waals surface area contributed by atoms with Crippen molar-refractivity contribution in [1.82, 2.24) is 15.0 Å². The zero-order valence-corrected chi connectivity index (χ0v) is 27.0. The molecule has 0 aliphatic carbocycles. The molecule has 5 heteroatoms.